The Hall–Kier alpha value is -3.04. The number of nitrogens with zero attached hydrogens (tertiary/aromatic N) is 3. The van der Waals surface area contributed by atoms with Crippen LogP contribution in [0.2, 0.25) is 0 Å². The number of para-hydroxylation sites is 1. The van der Waals surface area contributed by atoms with Crippen LogP contribution in [-0.2, 0) is 9.47 Å². The molecule has 1 aliphatic rings. The summed E-state index contributed by atoms with van der Waals surface area (Å²) in [6.07, 6.45) is 5.89. The number of aryl methyl sites for hydroxylation is 1. The molecule has 0 radical (unpaired) electrons. The second kappa shape index (κ2) is 16.8. The van der Waals surface area contributed by atoms with Crippen molar-refractivity contribution in [3.63, 3.8) is 0 Å². The van der Waals surface area contributed by atoms with Crippen LogP contribution in [0.3, 0.4) is 0 Å². The van der Waals surface area contributed by atoms with E-state index in [1.807, 2.05) is 63.4 Å². The summed E-state index contributed by atoms with van der Waals surface area (Å²) in [5.74, 6) is 1.46. The zero-order valence-electron chi connectivity index (χ0n) is 23.4. The van der Waals surface area contributed by atoms with Crippen molar-refractivity contribution in [1.29, 1.82) is 0 Å². The fourth-order valence-electron chi connectivity index (χ4n) is 3.40. The number of anilines is 2. The molecular formula is C31H38N4O2S2. The smallest absolute Gasteiger partial charge is 0.160 e. The minimum absolute atomic E-state index is 0.717. The maximum absolute atomic E-state index is 5.40. The van der Waals surface area contributed by atoms with Gasteiger partial charge in [0.1, 0.15) is 5.94 Å². The monoisotopic (exact) mass is 562 g/mol. The van der Waals surface area contributed by atoms with Crippen LogP contribution in [0.4, 0.5) is 11.4 Å². The Morgan fingerprint density at radius 1 is 1.08 bits per heavy atom. The van der Waals surface area contributed by atoms with Gasteiger partial charge in [0, 0.05) is 47.1 Å². The molecule has 4 aromatic rings. The highest BCUT2D eigenvalue weighted by molar-refractivity contribution is 8.00. The molecule has 5 rings (SSSR count). The summed E-state index contributed by atoms with van der Waals surface area (Å²) in [7, 11) is 1.68. The third-order valence-electron chi connectivity index (χ3n) is 5.73. The first-order valence-corrected chi connectivity index (χ1v) is 14.8. The Morgan fingerprint density at radius 3 is 2.49 bits per heavy atom. The van der Waals surface area contributed by atoms with Gasteiger partial charge >= 0.3 is 0 Å². The van der Waals surface area contributed by atoms with E-state index in [2.05, 4.69) is 68.1 Å². The zero-order chi connectivity index (χ0) is 27.9. The molecular weight excluding hydrogens is 525 g/mol. The number of benzene rings is 3. The fraction of sp³-hybridized carbons (Fsp3) is 0.290. The molecule has 1 aliphatic heterocycles. The normalized spacial score (nSPS) is 12.9. The summed E-state index contributed by atoms with van der Waals surface area (Å²) < 4.78 is 15.7. The van der Waals surface area contributed by atoms with Gasteiger partial charge in [-0.3, -0.25) is 0 Å². The number of methoxy groups -OCH3 is 1. The topological polar surface area (TPSA) is 59.5 Å². The summed E-state index contributed by atoms with van der Waals surface area (Å²) in [4.78, 5) is 10.5. The third kappa shape index (κ3) is 9.58. The highest BCUT2D eigenvalue weighted by Crippen LogP contribution is 2.30. The number of hydrogen-bond acceptors (Lipinski definition) is 8. The molecule has 1 N–H and O–H groups in total. The van der Waals surface area contributed by atoms with E-state index in [0.717, 1.165) is 64.1 Å². The Bertz CT molecular complexity index is 1300. The number of ether oxygens (including phenoxy) is 2. The maximum atomic E-state index is 5.40. The van der Waals surface area contributed by atoms with Crippen LogP contribution in [0, 0.1) is 6.92 Å². The molecule has 1 saturated heterocycles. The lowest BCUT2D eigenvalue weighted by molar-refractivity contribution is 0.184. The van der Waals surface area contributed by atoms with Gasteiger partial charge in [-0.2, -0.15) is 0 Å². The molecule has 1 fully saturated rings. The molecule has 39 heavy (non-hydrogen) atoms. The van der Waals surface area contributed by atoms with Crippen LogP contribution in [0.25, 0.3) is 22.3 Å². The van der Waals surface area contributed by atoms with Gasteiger partial charge in [-0.25, -0.2) is 9.97 Å². The van der Waals surface area contributed by atoms with Crippen molar-refractivity contribution in [2.45, 2.75) is 32.6 Å². The molecule has 0 saturated carbocycles. The van der Waals surface area contributed by atoms with Crippen molar-refractivity contribution in [1.82, 2.24) is 9.97 Å². The first-order valence-electron chi connectivity index (χ1n) is 13.0. The molecule has 0 bridgehead atoms. The van der Waals surface area contributed by atoms with Crippen molar-refractivity contribution in [2.75, 3.05) is 41.8 Å². The molecule has 206 valence electrons. The van der Waals surface area contributed by atoms with E-state index in [1.165, 1.54) is 5.69 Å². The third-order valence-corrected chi connectivity index (χ3v) is 7.55. The quantitative estimate of drug-likeness (QED) is 0.186. The maximum Gasteiger partial charge on any atom is 0.160 e. The van der Waals surface area contributed by atoms with Crippen molar-refractivity contribution >= 4 is 46.2 Å². The number of hydrogen-bond donors (Lipinski definition) is 1. The number of fused-ring (bicyclic) bond motifs is 1. The van der Waals surface area contributed by atoms with E-state index in [-0.39, 0.29) is 0 Å². The van der Waals surface area contributed by atoms with Gasteiger partial charge in [-0.15, -0.1) is 0 Å². The first-order chi connectivity index (χ1) is 19.1. The van der Waals surface area contributed by atoms with Crippen molar-refractivity contribution in [2.24, 2.45) is 0 Å². The minimum Gasteiger partial charge on any atom is -0.385 e. The molecule has 2 heterocycles. The largest absolute Gasteiger partial charge is 0.385 e. The summed E-state index contributed by atoms with van der Waals surface area (Å²) in [6.45, 7) is 10.6. The Balaban J connectivity index is 0.000000466. The standard InChI is InChI=1S/C24H22N4OS2.C4H8.C3H8O/c1-17-6-7-19(14-22(17)24-25-15-18-4-2-3-5-23(18)26-24)27-31-21-10-8-20(9-11-21)28-12-13-29-16-30-28;2*1-3-4-2/h2-11,14-15,27H,12-13,16H2,1H3;3-4H,1-2H3;3H2,1-2H3/b;4-3-;. The molecule has 1 aromatic heterocycles. The lowest BCUT2D eigenvalue weighted by atomic mass is 10.1. The van der Waals surface area contributed by atoms with Gasteiger partial charge in [0.2, 0.25) is 0 Å². The predicted molar refractivity (Wildman–Crippen MR) is 169 cm³/mol. The van der Waals surface area contributed by atoms with E-state index in [1.54, 1.807) is 31.0 Å². The highest BCUT2D eigenvalue weighted by Gasteiger charge is 2.12. The summed E-state index contributed by atoms with van der Waals surface area (Å²) in [6, 6.07) is 23.0. The van der Waals surface area contributed by atoms with Gasteiger partial charge in [-0.05, 0) is 99.6 Å². The minimum atomic E-state index is 0.717. The van der Waals surface area contributed by atoms with Gasteiger partial charge in [0.15, 0.2) is 5.82 Å². The molecule has 0 unspecified atom stereocenters. The molecule has 0 aliphatic carbocycles. The first kappa shape index (κ1) is 30.5. The highest BCUT2D eigenvalue weighted by atomic mass is 32.2. The predicted octanol–water partition coefficient (Wildman–Crippen LogP) is 8.40. The second-order valence-electron chi connectivity index (χ2n) is 8.48. The molecule has 3 aromatic carbocycles. The molecule has 8 heteroatoms. The van der Waals surface area contributed by atoms with E-state index < -0.39 is 0 Å². The lowest BCUT2D eigenvalue weighted by Crippen LogP contribution is -2.26. The average Bonchev–Trinajstić information content (AvgIpc) is 3.01. The van der Waals surface area contributed by atoms with Gasteiger partial charge in [-0.1, -0.05) is 36.4 Å². The van der Waals surface area contributed by atoms with Crippen LogP contribution in [0.1, 0.15) is 26.3 Å². The fourth-order valence-corrected chi connectivity index (χ4v) is 4.83. The van der Waals surface area contributed by atoms with E-state index >= 15 is 0 Å². The van der Waals surface area contributed by atoms with Crippen molar-refractivity contribution in [3.8, 4) is 11.4 Å². The second-order valence-corrected chi connectivity index (χ2v) is 10.3. The molecule has 6 nitrogen and oxygen atoms in total. The number of rotatable bonds is 6. The summed E-state index contributed by atoms with van der Waals surface area (Å²) in [5.41, 5.74) is 5.38. The van der Waals surface area contributed by atoms with Crippen LogP contribution < -0.4 is 9.03 Å². The summed E-state index contributed by atoms with van der Waals surface area (Å²) >= 11 is 3.31. The Morgan fingerprint density at radius 2 is 1.82 bits per heavy atom. The Labute approximate surface area is 241 Å². The number of aromatic nitrogens is 2. The number of allylic oxidation sites excluding steroid dienone is 2. The van der Waals surface area contributed by atoms with E-state index in [0.29, 0.717) is 0 Å². The molecule has 0 spiro atoms. The van der Waals surface area contributed by atoms with Crippen LogP contribution >= 0.6 is 23.9 Å². The van der Waals surface area contributed by atoms with Crippen molar-refractivity contribution < 1.29 is 9.47 Å². The van der Waals surface area contributed by atoms with Gasteiger partial charge in [0.05, 0.1) is 18.7 Å². The average molecular weight is 563 g/mol. The summed E-state index contributed by atoms with van der Waals surface area (Å²) in [5, 5.41) is 1.05. The van der Waals surface area contributed by atoms with E-state index in [4.69, 9.17) is 9.72 Å². The number of nitrogens with one attached hydrogen (secondary N) is 1. The zero-order valence-corrected chi connectivity index (χ0v) is 25.0. The molecule has 0 atom stereocenters. The van der Waals surface area contributed by atoms with Crippen molar-refractivity contribution in [3.05, 3.63) is 90.6 Å². The van der Waals surface area contributed by atoms with Crippen LogP contribution in [0.15, 0.2) is 90.0 Å². The van der Waals surface area contributed by atoms with Gasteiger partial charge in [0.25, 0.3) is 0 Å². The Kier molecular flexibility index (Phi) is 13.2. The van der Waals surface area contributed by atoms with E-state index in [9.17, 15) is 0 Å². The van der Waals surface area contributed by atoms with Crippen LogP contribution in [-0.4, -0.2) is 42.8 Å². The molecule has 0 amide bonds. The van der Waals surface area contributed by atoms with Gasteiger partial charge < -0.3 is 18.5 Å². The SMILES string of the molecule is C/C=C\C.CCOC.Cc1ccc(NSc2ccc(N3CCOCS3)cc2)cc1-c1ncc2ccccc2n1. The van der Waals surface area contributed by atoms with Crippen LogP contribution in [0.5, 0.6) is 0 Å². The lowest BCUT2D eigenvalue weighted by Gasteiger charge is -2.27.